The topological polar surface area (TPSA) is 199 Å². The Labute approximate surface area is 280 Å². The van der Waals surface area contributed by atoms with Crippen molar-refractivity contribution in [1.82, 2.24) is 40.4 Å². The number of aliphatic carboxylic acids is 1. The minimum Gasteiger partial charge on any atom is -0.481 e. The van der Waals surface area contributed by atoms with Crippen molar-refractivity contribution in [3.05, 3.63) is 12.7 Å². The van der Waals surface area contributed by atoms with Crippen LogP contribution < -0.4 is 21.3 Å². The van der Waals surface area contributed by atoms with E-state index >= 15 is 0 Å². The highest BCUT2D eigenvalue weighted by Crippen LogP contribution is 2.34. The number of fused-ring (bicyclic) bond motifs is 2. The summed E-state index contributed by atoms with van der Waals surface area (Å²) in [5.41, 5.74) is 1.08. The lowest BCUT2D eigenvalue weighted by molar-refractivity contribution is -0.137. The molecule has 3 aliphatic heterocycles. The highest BCUT2D eigenvalue weighted by Gasteiger charge is 2.45. The van der Waals surface area contributed by atoms with E-state index in [1.807, 2.05) is 23.7 Å². The number of urea groups is 1. The number of nitrogens with zero attached hydrogens (tertiary/aromatic N) is 5. The zero-order valence-electron chi connectivity index (χ0n) is 27.2. The number of carbonyl (C=O) groups is 2. The summed E-state index contributed by atoms with van der Waals surface area (Å²) in [6.45, 7) is 3.72. The molecule has 0 saturated carbocycles. The molecule has 0 spiro atoms. The second-order valence-electron chi connectivity index (χ2n) is 12.9. The molecule has 2 aromatic heterocycles. The molecule has 2 amide bonds. The highest BCUT2D eigenvalue weighted by molar-refractivity contribution is 8.00. The van der Waals surface area contributed by atoms with Crippen LogP contribution in [0.5, 0.6) is 0 Å². The van der Waals surface area contributed by atoms with Gasteiger partial charge in [-0.3, -0.25) is 9.36 Å². The van der Waals surface area contributed by atoms with Crippen LogP contribution >= 0.6 is 11.8 Å². The number of amides is 2. The number of ether oxygens (including phenoxy) is 1. The number of hydrogen-bond acceptors (Lipinski definition) is 12. The summed E-state index contributed by atoms with van der Waals surface area (Å²) in [7, 11) is 1.83. The first-order chi connectivity index (χ1) is 22.8. The van der Waals surface area contributed by atoms with Gasteiger partial charge >= 0.3 is 12.0 Å². The number of anilines is 1. The first kappa shape index (κ1) is 35.5. The van der Waals surface area contributed by atoms with E-state index in [1.54, 1.807) is 10.9 Å². The zero-order valence-corrected chi connectivity index (χ0v) is 28.0. The van der Waals surface area contributed by atoms with Crippen molar-refractivity contribution in [2.24, 2.45) is 0 Å². The largest absolute Gasteiger partial charge is 0.481 e. The molecule has 0 bridgehead atoms. The predicted octanol–water partition coefficient (Wildman–Crippen LogP) is 1.53. The second kappa shape index (κ2) is 17.6. The fourth-order valence-electron chi connectivity index (χ4n) is 6.65. The van der Waals surface area contributed by atoms with Crippen LogP contribution in [0, 0.1) is 0 Å². The summed E-state index contributed by atoms with van der Waals surface area (Å²) in [4.78, 5) is 37.4. The van der Waals surface area contributed by atoms with E-state index in [4.69, 9.17) is 9.84 Å². The van der Waals surface area contributed by atoms with E-state index in [-0.39, 0.29) is 12.5 Å². The molecular formula is C31H51N9O6S. The molecule has 3 fully saturated rings. The number of carboxylic acid groups (broad SMARTS) is 1. The molecule has 15 nitrogen and oxygen atoms in total. The summed E-state index contributed by atoms with van der Waals surface area (Å²) in [5, 5.41) is 43.9. The number of carbonyl (C=O) groups excluding carboxylic acids is 1. The monoisotopic (exact) mass is 677 g/mol. The van der Waals surface area contributed by atoms with Crippen LogP contribution in [0.4, 0.5) is 10.6 Å². The van der Waals surface area contributed by atoms with Crippen LogP contribution in [0.3, 0.4) is 0 Å². The van der Waals surface area contributed by atoms with E-state index < -0.39 is 30.5 Å². The van der Waals surface area contributed by atoms with Crippen molar-refractivity contribution in [2.45, 2.75) is 106 Å². The van der Waals surface area contributed by atoms with Crippen molar-refractivity contribution in [3.63, 3.8) is 0 Å². The van der Waals surface area contributed by atoms with Crippen LogP contribution in [0.1, 0.15) is 70.4 Å². The lowest BCUT2D eigenvalue weighted by Gasteiger charge is -2.22. The molecule has 7 N–H and O–H groups in total. The van der Waals surface area contributed by atoms with Gasteiger partial charge in [0, 0.05) is 30.5 Å². The molecule has 3 saturated heterocycles. The lowest BCUT2D eigenvalue weighted by atomic mass is 10.0. The number of unbranched alkanes of at least 4 members (excludes halogenated alkanes) is 5. The van der Waals surface area contributed by atoms with E-state index in [0.29, 0.717) is 53.8 Å². The van der Waals surface area contributed by atoms with Gasteiger partial charge in [0.1, 0.15) is 24.6 Å². The van der Waals surface area contributed by atoms with Crippen LogP contribution in [-0.4, -0.2) is 133 Å². The van der Waals surface area contributed by atoms with Crippen LogP contribution in [0.15, 0.2) is 12.7 Å². The Hall–Kier alpha value is -2.76. The predicted molar refractivity (Wildman–Crippen MR) is 179 cm³/mol. The number of aromatic nitrogens is 4. The molecule has 0 aliphatic carbocycles. The summed E-state index contributed by atoms with van der Waals surface area (Å²) in [6, 6.07) is 0.610. The maximum Gasteiger partial charge on any atom is 0.315 e. The number of aliphatic hydroxyl groups is 2. The fraction of sp³-hybridized carbons (Fsp3) is 0.774. The van der Waals surface area contributed by atoms with Gasteiger partial charge in [-0.05, 0) is 58.8 Å². The summed E-state index contributed by atoms with van der Waals surface area (Å²) < 4.78 is 7.68. The van der Waals surface area contributed by atoms with E-state index in [2.05, 4.69) is 36.2 Å². The average molecular weight is 678 g/mol. The number of aliphatic hydroxyl groups excluding tert-OH is 2. The molecule has 7 atom stereocenters. The maximum atomic E-state index is 11.5. The van der Waals surface area contributed by atoms with Gasteiger partial charge in [0.25, 0.3) is 0 Å². The number of likely N-dealkylation sites (N-methyl/N-ethyl adjacent to an activating group) is 1. The minimum atomic E-state index is -1.17. The zero-order chi connectivity index (χ0) is 33.2. The number of thioether (sulfide) groups is 1. The average Bonchev–Trinajstić information content (AvgIpc) is 3.80. The molecule has 5 heterocycles. The minimum absolute atomic E-state index is 0.00871. The first-order valence-electron chi connectivity index (χ1n) is 17.0. The molecule has 16 heteroatoms. The van der Waals surface area contributed by atoms with Crippen molar-refractivity contribution in [3.8, 4) is 0 Å². The Bertz CT molecular complexity index is 1300. The second-order valence-corrected chi connectivity index (χ2v) is 14.2. The molecule has 2 aromatic rings. The van der Waals surface area contributed by atoms with Gasteiger partial charge in [-0.2, -0.15) is 11.8 Å². The van der Waals surface area contributed by atoms with Gasteiger partial charge in [0.2, 0.25) is 0 Å². The highest BCUT2D eigenvalue weighted by atomic mass is 32.2. The third-order valence-electron chi connectivity index (χ3n) is 9.25. The Morgan fingerprint density at radius 3 is 2.60 bits per heavy atom. The molecule has 5 rings (SSSR count). The van der Waals surface area contributed by atoms with Crippen LogP contribution in [-0.2, 0) is 9.53 Å². The normalized spacial score (nSPS) is 27.0. The molecule has 3 aliphatic rings. The maximum absolute atomic E-state index is 11.5. The van der Waals surface area contributed by atoms with Gasteiger partial charge in [-0.25, -0.2) is 19.7 Å². The Kier molecular flexibility index (Phi) is 13.3. The lowest BCUT2D eigenvalue weighted by Crippen LogP contribution is -2.38. The standard InChI is InChI=1S/C31H51N9O6S/c1-39(15-9-11-23(41)42)16-21-26(43)27(44)30(46-21)40-19-36-25-28(34-18-35-29(25)40)33-14-8-3-2-6-12-32-13-7-4-5-10-22-24-20(17-47-22)37-31(45)38-24/h18-22,24,26-27,30,32,43-44H,2-17H2,1H3,(H,41,42)(H,33,34,35)(H2,37,38,45)/t20-,21+,22-,24-,26+,27+,30+/m0/s1. The summed E-state index contributed by atoms with van der Waals surface area (Å²) >= 11 is 1.99. The molecule has 0 radical (unpaired) electrons. The van der Waals surface area contributed by atoms with E-state index in [1.165, 1.54) is 32.0 Å². The smallest absolute Gasteiger partial charge is 0.315 e. The molecule has 0 aromatic carbocycles. The van der Waals surface area contributed by atoms with Crippen molar-refractivity contribution < 1.29 is 29.6 Å². The third-order valence-corrected chi connectivity index (χ3v) is 10.8. The Morgan fingerprint density at radius 1 is 1.04 bits per heavy atom. The molecule has 262 valence electrons. The number of rotatable bonds is 21. The summed E-state index contributed by atoms with van der Waals surface area (Å²) in [6.07, 6.45) is 8.97. The van der Waals surface area contributed by atoms with Gasteiger partial charge in [0.15, 0.2) is 23.2 Å². The van der Waals surface area contributed by atoms with E-state index in [0.717, 1.165) is 51.1 Å². The van der Waals surface area contributed by atoms with Gasteiger partial charge in [-0.1, -0.05) is 25.7 Å². The SMILES string of the molecule is CN(CCCC(=O)O)C[C@H]1O[C@@H](n2cnc3c(NCCCCCCNCCCCC[C@@H]4SC[C@@H]5NC(=O)N[C@@H]54)ncnc32)[C@H](O)[C@@H]1O. The van der Waals surface area contributed by atoms with Crippen LogP contribution in [0.2, 0.25) is 0 Å². The quantitative estimate of drug-likeness (QED) is 0.0742. The van der Waals surface area contributed by atoms with Crippen LogP contribution in [0.25, 0.3) is 11.2 Å². The Balaban J connectivity index is 0.935. The number of carboxylic acids is 1. The van der Waals surface area contributed by atoms with Gasteiger partial charge in [-0.15, -0.1) is 0 Å². The molecule has 0 unspecified atom stereocenters. The number of hydrogen-bond donors (Lipinski definition) is 7. The van der Waals surface area contributed by atoms with Crippen molar-refractivity contribution in [1.29, 1.82) is 0 Å². The van der Waals surface area contributed by atoms with Crippen molar-refractivity contribution >= 4 is 40.7 Å². The Morgan fingerprint density at radius 2 is 1.81 bits per heavy atom. The molecular weight excluding hydrogens is 626 g/mol. The number of imidazole rings is 1. The van der Waals surface area contributed by atoms with E-state index in [9.17, 15) is 19.8 Å². The third kappa shape index (κ3) is 9.66. The molecule has 47 heavy (non-hydrogen) atoms. The summed E-state index contributed by atoms with van der Waals surface area (Å²) in [5.74, 6) is 0.801. The fourth-order valence-corrected chi connectivity index (χ4v) is 8.20. The van der Waals surface area contributed by atoms with Gasteiger partial charge in [0.05, 0.1) is 18.4 Å². The van der Waals surface area contributed by atoms with Crippen molar-refractivity contribution in [2.75, 3.05) is 50.8 Å². The first-order valence-corrected chi connectivity index (χ1v) is 18.1. The number of nitrogens with one attached hydrogen (secondary N) is 4. The van der Waals surface area contributed by atoms with Gasteiger partial charge < -0.3 is 46.2 Å².